The standard InChI is InChI=1S/C18H19NO4S/c20-17(21)11-16(19-24-13-15-9-5-2-6-10-15)18(22)23-12-14-7-3-1-4-8-14/h1-10,16,19H,11-13H2,(H,20,21). The van der Waals surface area contributed by atoms with Crippen LogP contribution >= 0.6 is 11.9 Å². The number of esters is 1. The first-order valence-corrected chi connectivity index (χ1v) is 8.47. The SMILES string of the molecule is O=C(O)CC(NSCc1ccccc1)C(=O)OCc1ccccc1. The molecule has 0 aliphatic carbocycles. The first-order chi connectivity index (χ1) is 11.6. The van der Waals surface area contributed by atoms with E-state index in [0.29, 0.717) is 5.75 Å². The van der Waals surface area contributed by atoms with Gasteiger partial charge in [-0.05, 0) is 11.1 Å². The molecule has 0 amide bonds. The lowest BCUT2D eigenvalue weighted by Crippen LogP contribution is -2.36. The van der Waals surface area contributed by atoms with E-state index in [-0.39, 0.29) is 13.0 Å². The van der Waals surface area contributed by atoms with Crippen molar-refractivity contribution in [2.75, 3.05) is 0 Å². The van der Waals surface area contributed by atoms with Crippen molar-refractivity contribution < 1.29 is 19.4 Å². The molecule has 0 saturated carbocycles. The van der Waals surface area contributed by atoms with Gasteiger partial charge in [-0.15, -0.1) is 0 Å². The number of benzene rings is 2. The first-order valence-electron chi connectivity index (χ1n) is 7.49. The zero-order valence-corrected chi connectivity index (χ0v) is 13.9. The van der Waals surface area contributed by atoms with Crippen LogP contribution in [0.1, 0.15) is 17.5 Å². The molecule has 0 bridgehead atoms. The van der Waals surface area contributed by atoms with Crippen LogP contribution in [-0.4, -0.2) is 23.1 Å². The summed E-state index contributed by atoms with van der Waals surface area (Å²) < 4.78 is 8.11. The van der Waals surface area contributed by atoms with E-state index in [1.54, 1.807) is 0 Å². The van der Waals surface area contributed by atoms with E-state index in [9.17, 15) is 9.59 Å². The van der Waals surface area contributed by atoms with E-state index < -0.39 is 18.0 Å². The third-order valence-corrected chi connectivity index (χ3v) is 4.12. The number of aliphatic carboxylic acids is 1. The van der Waals surface area contributed by atoms with Crippen molar-refractivity contribution in [2.24, 2.45) is 0 Å². The normalized spacial score (nSPS) is 11.7. The molecule has 5 nitrogen and oxygen atoms in total. The fourth-order valence-electron chi connectivity index (χ4n) is 1.98. The Kier molecular flexibility index (Phi) is 7.32. The van der Waals surface area contributed by atoms with Crippen molar-refractivity contribution in [1.29, 1.82) is 0 Å². The van der Waals surface area contributed by atoms with Crippen LogP contribution in [0.5, 0.6) is 0 Å². The molecule has 24 heavy (non-hydrogen) atoms. The van der Waals surface area contributed by atoms with Gasteiger partial charge in [-0.3, -0.25) is 9.59 Å². The van der Waals surface area contributed by atoms with Gasteiger partial charge < -0.3 is 9.84 Å². The highest BCUT2D eigenvalue weighted by Crippen LogP contribution is 2.12. The van der Waals surface area contributed by atoms with Gasteiger partial charge in [-0.25, -0.2) is 4.72 Å². The van der Waals surface area contributed by atoms with E-state index in [4.69, 9.17) is 9.84 Å². The fraction of sp³-hybridized carbons (Fsp3) is 0.222. The maximum atomic E-state index is 12.1. The Bertz CT molecular complexity index is 649. The van der Waals surface area contributed by atoms with Gasteiger partial charge in [-0.2, -0.15) is 0 Å². The van der Waals surface area contributed by atoms with E-state index in [2.05, 4.69) is 4.72 Å². The van der Waals surface area contributed by atoms with Crippen LogP contribution in [0.2, 0.25) is 0 Å². The topological polar surface area (TPSA) is 75.6 Å². The molecule has 0 aromatic heterocycles. The van der Waals surface area contributed by atoms with Crippen LogP contribution in [0.3, 0.4) is 0 Å². The minimum atomic E-state index is -1.05. The summed E-state index contributed by atoms with van der Waals surface area (Å²) in [5.41, 5.74) is 1.94. The number of nitrogens with one attached hydrogen (secondary N) is 1. The van der Waals surface area contributed by atoms with Gasteiger partial charge in [0.15, 0.2) is 0 Å². The summed E-state index contributed by atoms with van der Waals surface area (Å²) in [6, 6.07) is 18.1. The molecule has 0 fully saturated rings. The largest absolute Gasteiger partial charge is 0.481 e. The van der Waals surface area contributed by atoms with Crippen molar-refractivity contribution in [2.45, 2.75) is 24.8 Å². The van der Waals surface area contributed by atoms with Crippen LogP contribution in [0.15, 0.2) is 60.7 Å². The summed E-state index contributed by atoms with van der Waals surface area (Å²) >= 11 is 1.29. The maximum absolute atomic E-state index is 12.1. The molecule has 1 atom stereocenters. The van der Waals surface area contributed by atoms with Crippen molar-refractivity contribution >= 4 is 23.9 Å². The molecule has 2 N–H and O–H groups in total. The lowest BCUT2D eigenvalue weighted by molar-refractivity contribution is -0.150. The van der Waals surface area contributed by atoms with Crippen LogP contribution in [0.25, 0.3) is 0 Å². The Labute approximate surface area is 145 Å². The molecular weight excluding hydrogens is 326 g/mol. The zero-order valence-electron chi connectivity index (χ0n) is 13.1. The van der Waals surface area contributed by atoms with Gasteiger partial charge in [0.2, 0.25) is 0 Å². The highest BCUT2D eigenvalue weighted by atomic mass is 32.2. The highest BCUT2D eigenvalue weighted by molar-refractivity contribution is 7.96. The first kappa shape index (κ1) is 18.0. The average Bonchev–Trinajstić information content (AvgIpc) is 2.60. The predicted molar refractivity (Wildman–Crippen MR) is 93.2 cm³/mol. The number of hydrogen-bond acceptors (Lipinski definition) is 5. The molecule has 0 aliphatic rings. The summed E-state index contributed by atoms with van der Waals surface area (Å²) in [4.78, 5) is 23.1. The Hall–Kier alpha value is -2.31. The lowest BCUT2D eigenvalue weighted by Gasteiger charge is -2.15. The number of carbonyl (C=O) groups excluding carboxylic acids is 1. The number of rotatable bonds is 9. The second kappa shape index (κ2) is 9.75. The second-order valence-electron chi connectivity index (χ2n) is 5.14. The van der Waals surface area contributed by atoms with Crippen molar-refractivity contribution in [3.63, 3.8) is 0 Å². The van der Waals surface area contributed by atoms with E-state index in [1.807, 2.05) is 60.7 Å². The number of ether oxygens (including phenoxy) is 1. The van der Waals surface area contributed by atoms with E-state index in [0.717, 1.165) is 11.1 Å². The summed E-state index contributed by atoms with van der Waals surface area (Å²) in [7, 11) is 0. The van der Waals surface area contributed by atoms with Gasteiger partial charge in [0.05, 0.1) is 6.42 Å². The summed E-state index contributed by atoms with van der Waals surface area (Å²) in [6.45, 7) is 0.126. The maximum Gasteiger partial charge on any atom is 0.324 e. The van der Waals surface area contributed by atoms with E-state index >= 15 is 0 Å². The predicted octanol–water partition coefficient (Wildman–Crippen LogP) is 3.01. The Balaban J connectivity index is 1.84. The van der Waals surface area contributed by atoms with E-state index in [1.165, 1.54) is 11.9 Å². The van der Waals surface area contributed by atoms with Gasteiger partial charge in [0.25, 0.3) is 0 Å². The smallest absolute Gasteiger partial charge is 0.324 e. The highest BCUT2D eigenvalue weighted by Gasteiger charge is 2.23. The molecule has 0 spiro atoms. The van der Waals surface area contributed by atoms with Crippen molar-refractivity contribution in [3.05, 3.63) is 71.8 Å². The zero-order chi connectivity index (χ0) is 17.2. The van der Waals surface area contributed by atoms with Gasteiger partial charge in [0.1, 0.15) is 12.6 Å². The molecule has 0 radical (unpaired) electrons. The van der Waals surface area contributed by atoms with Crippen molar-refractivity contribution in [1.82, 2.24) is 4.72 Å². The van der Waals surface area contributed by atoms with Crippen LogP contribution in [0.4, 0.5) is 0 Å². The van der Waals surface area contributed by atoms with Crippen LogP contribution in [-0.2, 0) is 26.7 Å². The monoisotopic (exact) mass is 345 g/mol. The Morgan fingerprint density at radius 3 is 2.17 bits per heavy atom. The van der Waals surface area contributed by atoms with Crippen molar-refractivity contribution in [3.8, 4) is 0 Å². The molecule has 0 aliphatic heterocycles. The minimum Gasteiger partial charge on any atom is -0.481 e. The number of carboxylic acids is 1. The lowest BCUT2D eigenvalue weighted by atomic mass is 10.2. The van der Waals surface area contributed by atoms with Crippen LogP contribution < -0.4 is 4.72 Å². The Morgan fingerprint density at radius 1 is 1.00 bits per heavy atom. The molecule has 126 valence electrons. The minimum absolute atomic E-state index is 0.126. The van der Waals surface area contributed by atoms with Gasteiger partial charge >= 0.3 is 11.9 Å². The quantitative estimate of drug-likeness (QED) is 0.537. The molecule has 2 rings (SSSR count). The third-order valence-electron chi connectivity index (χ3n) is 3.19. The number of hydrogen-bond donors (Lipinski definition) is 2. The molecule has 0 saturated heterocycles. The van der Waals surface area contributed by atoms with Crippen LogP contribution in [0, 0.1) is 0 Å². The number of carbonyl (C=O) groups is 2. The van der Waals surface area contributed by atoms with Gasteiger partial charge in [0, 0.05) is 5.75 Å². The van der Waals surface area contributed by atoms with Gasteiger partial charge in [-0.1, -0.05) is 72.6 Å². The molecule has 2 aromatic carbocycles. The fourth-order valence-corrected chi connectivity index (χ4v) is 2.80. The molecular formula is C18H19NO4S. The Morgan fingerprint density at radius 2 is 1.58 bits per heavy atom. The summed E-state index contributed by atoms with van der Waals surface area (Å²) in [6.07, 6.45) is -0.324. The molecule has 1 unspecified atom stereocenters. The molecule has 0 heterocycles. The average molecular weight is 345 g/mol. The third kappa shape index (κ3) is 6.44. The summed E-state index contributed by atoms with van der Waals surface area (Å²) in [5, 5.41) is 8.98. The second-order valence-corrected chi connectivity index (χ2v) is 5.95. The molecule has 2 aromatic rings. The molecule has 6 heteroatoms. The number of carboxylic acid groups (broad SMARTS) is 1. The summed E-state index contributed by atoms with van der Waals surface area (Å²) in [5.74, 6) is -0.991.